The lowest BCUT2D eigenvalue weighted by molar-refractivity contribution is -0.143. The maximum absolute atomic E-state index is 11.7. The number of carbonyl (C=O) groups is 1. The zero-order chi connectivity index (χ0) is 20.7. The fourth-order valence-corrected chi connectivity index (χ4v) is 3.43. The van der Waals surface area contributed by atoms with Crippen molar-refractivity contribution < 1.29 is 9.53 Å². The van der Waals surface area contributed by atoms with Gasteiger partial charge in [0.15, 0.2) is 0 Å². The molecule has 28 heavy (non-hydrogen) atoms. The van der Waals surface area contributed by atoms with Crippen LogP contribution in [0, 0.1) is 5.92 Å². The second-order valence-electron chi connectivity index (χ2n) is 8.80. The molecule has 0 rings (SSSR count). The summed E-state index contributed by atoms with van der Waals surface area (Å²) >= 11 is 0. The van der Waals surface area contributed by atoms with Gasteiger partial charge in [0.1, 0.15) is 0 Å². The molecular formula is C26H50O2. The predicted octanol–water partition coefficient (Wildman–Crippen LogP) is 8.78. The minimum atomic E-state index is 0.00138. The monoisotopic (exact) mass is 394 g/mol. The van der Waals surface area contributed by atoms with E-state index in [1.807, 2.05) is 0 Å². The van der Waals surface area contributed by atoms with E-state index in [0.717, 1.165) is 25.2 Å². The number of carbonyl (C=O) groups excluding carboxylic acids is 1. The van der Waals surface area contributed by atoms with Crippen molar-refractivity contribution in [2.75, 3.05) is 6.61 Å². The first kappa shape index (κ1) is 27.2. The second kappa shape index (κ2) is 22.5. The van der Waals surface area contributed by atoms with Crippen molar-refractivity contribution in [2.45, 2.75) is 136 Å². The van der Waals surface area contributed by atoms with Crippen LogP contribution in [0.15, 0.2) is 12.2 Å². The molecule has 0 aliphatic rings. The third-order valence-electron chi connectivity index (χ3n) is 5.33. The van der Waals surface area contributed by atoms with Gasteiger partial charge in [-0.3, -0.25) is 4.79 Å². The summed E-state index contributed by atoms with van der Waals surface area (Å²) in [7, 11) is 0. The zero-order valence-electron chi connectivity index (χ0n) is 19.5. The topological polar surface area (TPSA) is 26.3 Å². The summed E-state index contributed by atoms with van der Waals surface area (Å²) < 4.78 is 5.32. The molecule has 0 bridgehead atoms. The van der Waals surface area contributed by atoms with Crippen molar-refractivity contribution in [3.63, 3.8) is 0 Å². The number of hydrogen-bond acceptors (Lipinski definition) is 2. The fraction of sp³-hybridized carbons (Fsp3) is 0.885. The molecule has 0 N–H and O–H groups in total. The Labute approximate surface area is 176 Å². The maximum atomic E-state index is 11.7. The molecule has 0 atom stereocenters. The predicted molar refractivity (Wildman–Crippen MR) is 124 cm³/mol. The van der Waals surface area contributed by atoms with E-state index >= 15 is 0 Å². The Morgan fingerprint density at radius 2 is 1.25 bits per heavy atom. The Morgan fingerprint density at radius 3 is 1.86 bits per heavy atom. The van der Waals surface area contributed by atoms with Crippen LogP contribution in [0.5, 0.6) is 0 Å². The molecule has 0 spiro atoms. The number of unbranched alkanes of at least 4 members (excludes halogenated alkanes) is 13. The largest absolute Gasteiger partial charge is 0.466 e. The van der Waals surface area contributed by atoms with Gasteiger partial charge in [-0.15, -0.1) is 0 Å². The van der Waals surface area contributed by atoms with Crippen molar-refractivity contribution in [3.8, 4) is 0 Å². The molecule has 0 radical (unpaired) electrons. The molecular weight excluding hydrogens is 344 g/mol. The van der Waals surface area contributed by atoms with Crippen LogP contribution in [0.4, 0.5) is 0 Å². The summed E-state index contributed by atoms with van der Waals surface area (Å²) in [4.78, 5) is 11.7. The highest BCUT2D eigenvalue weighted by atomic mass is 16.5. The van der Waals surface area contributed by atoms with E-state index in [0.29, 0.717) is 13.0 Å². The Kier molecular flexibility index (Phi) is 21.9. The zero-order valence-corrected chi connectivity index (χ0v) is 19.5. The third-order valence-corrected chi connectivity index (χ3v) is 5.33. The standard InChI is InChI=1S/C26H50O2/c1-4-5-6-7-8-9-10-11-12-13-14-15-16-17-20-23-26(27)28-24-21-18-19-22-25(2)3/h11-12,25H,4-10,13-24H2,1-3H3/b12-11+. The summed E-state index contributed by atoms with van der Waals surface area (Å²) in [5.41, 5.74) is 0. The van der Waals surface area contributed by atoms with Gasteiger partial charge in [-0.25, -0.2) is 0 Å². The summed E-state index contributed by atoms with van der Waals surface area (Å²) in [6.45, 7) is 7.40. The molecule has 0 aliphatic carbocycles. The summed E-state index contributed by atoms with van der Waals surface area (Å²) in [6.07, 6.45) is 26.8. The first-order valence-corrected chi connectivity index (χ1v) is 12.5. The highest BCUT2D eigenvalue weighted by Gasteiger charge is 2.02. The Morgan fingerprint density at radius 1 is 0.714 bits per heavy atom. The minimum Gasteiger partial charge on any atom is -0.466 e. The summed E-state index contributed by atoms with van der Waals surface area (Å²) in [5, 5.41) is 0. The molecule has 0 saturated carbocycles. The van der Waals surface area contributed by atoms with Crippen LogP contribution in [-0.4, -0.2) is 12.6 Å². The Hall–Kier alpha value is -0.790. The van der Waals surface area contributed by atoms with Crippen molar-refractivity contribution >= 4 is 5.97 Å². The van der Waals surface area contributed by atoms with E-state index < -0.39 is 0 Å². The highest BCUT2D eigenvalue weighted by molar-refractivity contribution is 5.69. The lowest BCUT2D eigenvalue weighted by atomic mass is 10.1. The molecule has 0 saturated heterocycles. The molecule has 0 amide bonds. The first-order valence-electron chi connectivity index (χ1n) is 12.5. The van der Waals surface area contributed by atoms with E-state index in [4.69, 9.17) is 4.74 Å². The lowest BCUT2D eigenvalue weighted by Gasteiger charge is -2.06. The quantitative estimate of drug-likeness (QED) is 0.110. The average Bonchev–Trinajstić information content (AvgIpc) is 2.67. The van der Waals surface area contributed by atoms with Gasteiger partial charge in [-0.1, -0.05) is 104 Å². The number of ether oxygens (including phenoxy) is 1. The van der Waals surface area contributed by atoms with Crippen molar-refractivity contribution in [1.82, 2.24) is 0 Å². The van der Waals surface area contributed by atoms with E-state index in [1.165, 1.54) is 89.9 Å². The van der Waals surface area contributed by atoms with Gasteiger partial charge in [0, 0.05) is 6.42 Å². The van der Waals surface area contributed by atoms with Crippen molar-refractivity contribution in [3.05, 3.63) is 12.2 Å². The highest BCUT2D eigenvalue weighted by Crippen LogP contribution is 2.11. The molecule has 0 heterocycles. The molecule has 0 aromatic heterocycles. The third kappa shape index (κ3) is 23.2. The summed E-state index contributed by atoms with van der Waals surface area (Å²) in [6, 6.07) is 0. The van der Waals surface area contributed by atoms with Crippen LogP contribution in [-0.2, 0) is 9.53 Å². The van der Waals surface area contributed by atoms with Crippen LogP contribution in [0.1, 0.15) is 136 Å². The lowest BCUT2D eigenvalue weighted by Crippen LogP contribution is -2.05. The van der Waals surface area contributed by atoms with Crippen LogP contribution in [0.3, 0.4) is 0 Å². The van der Waals surface area contributed by atoms with Gasteiger partial charge in [-0.05, 0) is 44.4 Å². The van der Waals surface area contributed by atoms with Crippen LogP contribution < -0.4 is 0 Å². The smallest absolute Gasteiger partial charge is 0.305 e. The van der Waals surface area contributed by atoms with Crippen molar-refractivity contribution in [2.24, 2.45) is 5.92 Å². The van der Waals surface area contributed by atoms with Gasteiger partial charge in [0.05, 0.1) is 6.61 Å². The second-order valence-corrected chi connectivity index (χ2v) is 8.80. The fourth-order valence-electron chi connectivity index (χ4n) is 3.43. The number of esters is 1. The van der Waals surface area contributed by atoms with Gasteiger partial charge in [0.2, 0.25) is 0 Å². The van der Waals surface area contributed by atoms with Crippen molar-refractivity contribution in [1.29, 1.82) is 0 Å². The van der Waals surface area contributed by atoms with Crippen LogP contribution in [0.2, 0.25) is 0 Å². The van der Waals surface area contributed by atoms with Gasteiger partial charge in [0.25, 0.3) is 0 Å². The van der Waals surface area contributed by atoms with E-state index in [2.05, 4.69) is 32.9 Å². The SMILES string of the molecule is CCCCCCCC/C=C/CCCCCCCC(=O)OCCCCCC(C)C. The molecule has 2 nitrogen and oxygen atoms in total. The van der Waals surface area contributed by atoms with E-state index in [9.17, 15) is 4.79 Å². The normalized spacial score (nSPS) is 11.6. The average molecular weight is 395 g/mol. The first-order chi connectivity index (χ1) is 13.7. The van der Waals surface area contributed by atoms with E-state index in [-0.39, 0.29) is 5.97 Å². The van der Waals surface area contributed by atoms with Crippen LogP contribution in [0.25, 0.3) is 0 Å². The van der Waals surface area contributed by atoms with Gasteiger partial charge >= 0.3 is 5.97 Å². The Bertz CT molecular complexity index is 346. The van der Waals surface area contributed by atoms with Crippen LogP contribution >= 0.6 is 0 Å². The molecule has 0 aromatic rings. The maximum Gasteiger partial charge on any atom is 0.305 e. The molecule has 0 aliphatic heterocycles. The number of hydrogen-bond donors (Lipinski definition) is 0. The van der Waals surface area contributed by atoms with E-state index in [1.54, 1.807) is 0 Å². The number of rotatable bonds is 21. The molecule has 0 unspecified atom stereocenters. The van der Waals surface area contributed by atoms with Gasteiger partial charge in [-0.2, -0.15) is 0 Å². The molecule has 0 aromatic carbocycles. The molecule has 166 valence electrons. The van der Waals surface area contributed by atoms with Gasteiger partial charge < -0.3 is 4.74 Å². The number of allylic oxidation sites excluding steroid dienone is 2. The molecule has 2 heteroatoms. The molecule has 0 fully saturated rings. The summed E-state index contributed by atoms with van der Waals surface area (Å²) in [5.74, 6) is 0.783. The minimum absolute atomic E-state index is 0.00138. The Balaban J connectivity index is 3.21.